The van der Waals surface area contributed by atoms with Gasteiger partial charge in [-0.2, -0.15) is 0 Å². The van der Waals surface area contributed by atoms with Gasteiger partial charge in [-0.3, -0.25) is 4.79 Å². The predicted molar refractivity (Wildman–Crippen MR) is 70.1 cm³/mol. The molecule has 1 aromatic carbocycles. The van der Waals surface area contributed by atoms with Crippen LogP contribution in [0.2, 0.25) is 0 Å². The topological polar surface area (TPSA) is 48.0 Å². The molecule has 1 fully saturated rings. The van der Waals surface area contributed by atoms with E-state index in [1.54, 1.807) is 24.1 Å². The van der Waals surface area contributed by atoms with Crippen molar-refractivity contribution in [2.75, 3.05) is 40.0 Å². The fourth-order valence-corrected chi connectivity index (χ4v) is 1.81. The minimum atomic E-state index is -0.295. The van der Waals surface area contributed by atoms with E-state index in [1.807, 2.05) is 0 Å². The van der Waals surface area contributed by atoms with Crippen molar-refractivity contribution in [3.63, 3.8) is 0 Å². The zero-order valence-corrected chi connectivity index (χ0v) is 11.4. The number of methoxy groups -OCH3 is 1. The summed E-state index contributed by atoms with van der Waals surface area (Å²) < 4.78 is 28.3. The molecule has 0 unspecified atom stereocenters. The van der Waals surface area contributed by atoms with Gasteiger partial charge in [-0.1, -0.05) is 0 Å². The Morgan fingerprint density at radius 1 is 1.30 bits per heavy atom. The van der Waals surface area contributed by atoms with E-state index in [2.05, 4.69) is 0 Å². The molecule has 1 aliphatic heterocycles. The third-order valence-corrected chi connectivity index (χ3v) is 2.97. The van der Waals surface area contributed by atoms with E-state index in [4.69, 9.17) is 14.2 Å². The minimum Gasteiger partial charge on any atom is -0.487 e. The molecule has 1 aromatic rings. The molecule has 1 amide bonds. The Kier molecular flexibility index (Phi) is 5.31. The van der Waals surface area contributed by atoms with Gasteiger partial charge in [0.05, 0.1) is 26.3 Å². The number of likely N-dealkylation sites (tertiary alicyclic amines) is 1. The van der Waals surface area contributed by atoms with Crippen molar-refractivity contribution in [3.8, 4) is 5.75 Å². The molecule has 0 aromatic heterocycles. The summed E-state index contributed by atoms with van der Waals surface area (Å²) in [5, 5.41) is 0. The van der Waals surface area contributed by atoms with Crippen LogP contribution in [-0.2, 0) is 14.3 Å². The summed E-state index contributed by atoms with van der Waals surface area (Å²) in [5.74, 6) is 0.260. The molecule has 0 radical (unpaired) electrons. The van der Waals surface area contributed by atoms with Gasteiger partial charge in [-0.15, -0.1) is 0 Å². The maximum Gasteiger partial charge on any atom is 0.248 e. The Labute approximate surface area is 117 Å². The van der Waals surface area contributed by atoms with Crippen LogP contribution in [0.25, 0.3) is 0 Å². The molecule has 1 saturated heterocycles. The molecule has 0 saturated carbocycles. The summed E-state index contributed by atoms with van der Waals surface area (Å²) in [6, 6.07) is 5.85. The van der Waals surface area contributed by atoms with Crippen LogP contribution < -0.4 is 4.74 Å². The van der Waals surface area contributed by atoms with Crippen molar-refractivity contribution >= 4 is 5.91 Å². The molecule has 20 heavy (non-hydrogen) atoms. The van der Waals surface area contributed by atoms with Gasteiger partial charge in [-0.25, -0.2) is 4.39 Å². The lowest BCUT2D eigenvalue weighted by atomic mass is 10.1. The third-order valence-electron chi connectivity index (χ3n) is 2.97. The van der Waals surface area contributed by atoms with Gasteiger partial charge < -0.3 is 19.1 Å². The highest BCUT2D eigenvalue weighted by Crippen LogP contribution is 2.18. The Bertz CT molecular complexity index is 431. The quantitative estimate of drug-likeness (QED) is 0.703. The van der Waals surface area contributed by atoms with Gasteiger partial charge in [-0.05, 0) is 24.3 Å². The number of hydrogen-bond acceptors (Lipinski definition) is 4. The van der Waals surface area contributed by atoms with Gasteiger partial charge in [0.25, 0.3) is 0 Å². The van der Waals surface area contributed by atoms with E-state index in [-0.39, 0.29) is 24.4 Å². The van der Waals surface area contributed by atoms with E-state index in [0.717, 1.165) is 0 Å². The summed E-state index contributed by atoms with van der Waals surface area (Å²) in [5.41, 5.74) is 0. The fraction of sp³-hybridized carbons (Fsp3) is 0.500. The van der Waals surface area contributed by atoms with E-state index in [0.29, 0.717) is 32.1 Å². The first-order valence-electron chi connectivity index (χ1n) is 6.45. The number of carbonyl (C=O) groups excluding carboxylic acids is 1. The lowest BCUT2D eigenvalue weighted by Gasteiger charge is -2.38. The Hall–Kier alpha value is -1.66. The summed E-state index contributed by atoms with van der Waals surface area (Å²) in [7, 11) is 1.58. The standard InChI is InChI=1S/C14H18FNO4/c1-18-6-7-19-10-14(17)16-8-13(9-16)20-12-4-2-11(15)3-5-12/h2-5,13H,6-10H2,1H3. The van der Waals surface area contributed by atoms with Crippen molar-refractivity contribution in [3.05, 3.63) is 30.1 Å². The van der Waals surface area contributed by atoms with Crippen LogP contribution in [0.4, 0.5) is 4.39 Å². The second kappa shape index (κ2) is 7.21. The number of ether oxygens (including phenoxy) is 3. The lowest BCUT2D eigenvalue weighted by molar-refractivity contribution is -0.145. The summed E-state index contributed by atoms with van der Waals surface area (Å²) >= 11 is 0. The van der Waals surface area contributed by atoms with Crippen LogP contribution in [0.15, 0.2) is 24.3 Å². The molecule has 1 heterocycles. The third kappa shape index (κ3) is 4.18. The molecule has 0 bridgehead atoms. The summed E-state index contributed by atoms with van der Waals surface area (Å²) in [6.07, 6.45) is -0.0385. The highest BCUT2D eigenvalue weighted by atomic mass is 19.1. The van der Waals surface area contributed by atoms with Crippen molar-refractivity contribution in [1.29, 1.82) is 0 Å². The first-order chi connectivity index (χ1) is 9.69. The first kappa shape index (κ1) is 14.7. The van der Waals surface area contributed by atoms with Gasteiger partial charge in [0.1, 0.15) is 24.3 Å². The maximum atomic E-state index is 12.7. The largest absolute Gasteiger partial charge is 0.487 e. The maximum absolute atomic E-state index is 12.7. The van der Waals surface area contributed by atoms with Gasteiger partial charge in [0.15, 0.2) is 0 Å². The summed E-state index contributed by atoms with van der Waals surface area (Å²) in [4.78, 5) is 13.4. The Morgan fingerprint density at radius 3 is 2.65 bits per heavy atom. The van der Waals surface area contributed by atoms with Gasteiger partial charge >= 0.3 is 0 Å². The van der Waals surface area contributed by atoms with Crippen molar-refractivity contribution < 1.29 is 23.4 Å². The van der Waals surface area contributed by atoms with E-state index in [9.17, 15) is 9.18 Å². The monoisotopic (exact) mass is 283 g/mol. The lowest BCUT2D eigenvalue weighted by Crippen LogP contribution is -2.57. The average molecular weight is 283 g/mol. The number of carbonyl (C=O) groups is 1. The Morgan fingerprint density at radius 2 is 2.00 bits per heavy atom. The van der Waals surface area contributed by atoms with Crippen molar-refractivity contribution in [2.45, 2.75) is 6.10 Å². The van der Waals surface area contributed by atoms with E-state index in [1.165, 1.54) is 12.1 Å². The minimum absolute atomic E-state index is 0.0385. The van der Waals surface area contributed by atoms with Crippen molar-refractivity contribution in [2.24, 2.45) is 0 Å². The van der Waals surface area contributed by atoms with E-state index < -0.39 is 0 Å². The molecule has 0 atom stereocenters. The average Bonchev–Trinajstić information content (AvgIpc) is 2.40. The normalized spacial score (nSPS) is 15.0. The van der Waals surface area contributed by atoms with Gasteiger partial charge in [0.2, 0.25) is 5.91 Å². The zero-order valence-electron chi connectivity index (χ0n) is 11.4. The predicted octanol–water partition coefficient (Wildman–Crippen LogP) is 1.08. The van der Waals surface area contributed by atoms with Gasteiger partial charge in [0, 0.05) is 7.11 Å². The van der Waals surface area contributed by atoms with Crippen LogP contribution in [0.1, 0.15) is 0 Å². The molecular formula is C14H18FNO4. The van der Waals surface area contributed by atoms with Crippen LogP contribution in [-0.4, -0.2) is 56.9 Å². The zero-order chi connectivity index (χ0) is 14.4. The number of rotatable bonds is 7. The van der Waals surface area contributed by atoms with Crippen LogP contribution in [0.5, 0.6) is 5.75 Å². The molecule has 6 heteroatoms. The number of hydrogen-bond donors (Lipinski definition) is 0. The SMILES string of the molecule is COCCOCC(=O)N1CC(Oc2ccc(F)cc2)C1. The van der Waals surface area contributed by atoms with E-state index >= 15 is 0 Å². The molecule has 2 rings (SSSR count). The molecular weight excluding hydrogens is 265 g/mol. The van der Waals surface area contributed by atoms with Crippen LogP contribution in [0.3, 0.4) is 0 Å². The number of benzene rings is 1. The first-order valence-corrected chi connectivity index (χ1v) is 6.45. The molecule has 110 valence electrons. The molecule has 0 N–H and O–H groups in total. The smallest absolute Gasteiger partial charge is 0.248 e. The molecule has 0 aliphatic carbocycles. The second-order valence-electron chi connectivity index (χ2n) is 4.54. The molecule has 1 aliphatic rings. The number of halogens is 1. The second-order valence-corrected chi connectivity index (χ2v) is 4.54. The number of nitrogens with zero attached hydrogens (tertiary/aromatic N) is 1. The molecule has 0 spiro atoms. The highest BCUT2D eigenvalue weighted by molar-refractivity contribution is 5.78. The highest BCUT2D eigenvalue weighted by Gasteiger charge is 2.32. The fourth-order valence-electron chi connectivity index (χ4n) is 1.81. The summed E-state index contributed by atoms with van der Waals surface area (Å²) in [6.45, 7) is 2.01. The van der Waals surface area contributed by atoms with Crippen molar-refractivity contribution in [1.82, 2.24) is 4.90 Å². The van der Waals surface area contributed by atoms with Crippen LogP contribution >= 0.6 is 0 Å². The Balaban J connectivity index is 1.64. The van der Waals surface area contributed by atoms with Crippen LogP contribution in [0, 0.1) is 5.82 Å². The molecule has 5 nitrogen and oxygen atoms in total. The number of amides is 1.